The SMILES string of the molecule is CCOC(=O)/C=C/c1cc(-n2ncc(C(F)(F)F)c(C)c2=O)ccc1Cl. The number of rotatable bonds is 4. The fourth-order valence-electron chi connectivity index (χ4n) is 2.15. The van der Waals surface area contributed by atoms with E-state index in [-0.39, 0.29) is 17.3 Å². The van der Waals surface area contributed by atoms with Crippen molar-refractivity contribution in [1.29, 1.82) is 0 Å². The van der Waals surface area contributed by atoms with Crippen molar-refractivity contribution in [3.63, 3.8) is 0 Å². The van der Waals surface area contributed by atoms with Gasteiger partial charge < -0.3 is 4.74 Å². The number of esters is 1. The lowest BCUT2D eigenvalue weighted by Crippen LogP contribution is -2.27. The number of nitrogens with zero attached hydrogens (tertiary/aromatic N) is 2. The molecule has 0 fully saturated rings. The minimum atomic E-state index is -4.66. The minimum Gasteiger partial charge on any atom is -0.463 e. The van der Waals surface area contributed by atoms with Crippen LogP contribution in [-0.2, 0) is 15.7 Å². The predicted molar refractivity (Wildman–Crippen MR) is 90.3 cm³/mol. The Morgan fingerprint density at radius 2 is 2.08 bits per heavy atom. The molecule has 5 nitrogen and oxygen atoms in total. The quantitative estimate of drug-likeness (QED) is 0.592. The van der Waals surface area contributed by atoms with E-state index in [0.717, 1.165) is 17.7 Å². The zero-order chi connectivity index (χ0) is 19.5. The van der Waals surface area contributed by atoms with Crippen LogP contribution in [-0.4, -0.2) is 22.4 Å². The highest BCUT2D eigenvalue weighted by atomic mass is 35.5. The summed E-state index contributed by atoms with van der Waals surface area (Å²) in [6.45, 7) is 2.95. The molecule has 0 spiro atoms. The van der Waals surface area contributed by atoms with Crippen LogP contribution in [0.5, 0.6) is 0 Å². The zero-order valence-corrected chi connectivity index (χ0v) is 14.6. The van der Waals surface area contributed by atoms with Crippen molar-refractivity contribution in [3.8, 4) is 5.69 Å². The third-order valence-corrected chi connectivity index (χ3v) is 3.78. The Kier molecular flexibility index (Phi) is 5.86. The minimum absolute atomic E-state index is 0.208. The van der Waals surface area contributed by atoms with E-state index in [9.17, 15) is 22.8 Å². The van der Waals surface area contributed by atoms with Gasteiger partial charge in [0.2, 0.25) is 0 Å². The second-order valence-corrected chi connectivity index (χ2v) is 5.60. The Hall–Kier alpha value is -2.61. The van der Waals surface area contributed by atoms with Gasteiger partial charge in [0, 0.05) is 16.7 Å². The highest BCUT2D eigenvalue weighted by Gasteiger charge is 2.34. The summed E-state index contributed by atoms with van der Waals surface area (Å²) in [5.41, 5.74) is -1.87. The van der Waals surface area contributed by atoms with Crippen LogP contribution in [0.2, 0.25) is 5.02 Å². The Labute approximate surface area is 151 Å². The summed E-state index contributed by atoms with van der Waals surface area (Å²) in [7, 11) is 0. The van der Waals surface area contributed by atoms with E-state index in [0.29, 0.717) is 11.8 Å². The zero-order valence-electron chi connectivity index (χ0n) is 13.8. The first-order chi connectivity index (χ1) is 12.1. The van der Waals surface area contributed by atoms with E-state index >= 15 is 0 Å². The summed E-state index contributed by atoms with van der Waals surface area (Å²) in [4.78, 5) is 23.6. The third-order valence-electron chi connectivity index (χ3n) is 3.43. The van der Waals surface area contributed by atoms with Gasteiger partial charge >= 0.3 is 12.1 Å². The second-order valence-electron chi connectivity index (χ2n) is 5.19. The van der Waals surface area contributed by atoms with E-state index in [4.69, 9.17) is 16.3 Å². The maximum atomic E-state index is 12.9. The Bertz CT molecular complexity index is 920. The van der Waals surface area contributed by atoms with Gasteiger partial charge in [-0.15, -0.1) is 0 Å². The molecule has 0 atom stereocenters. The summed E-state index contributed by atoms with van der Waals surface area (Å²) < 4.78 is 44.2. The molecule has 2 rings (SSSR count). The number of carbonyl (C=O) groups excluding carboxylic acids is 1. The van der Waals surface area contributed by atoms with Crippen LogP contribution in [0, 0.1) is 6.92 Å². The normalized spacial score (nSPS) is 11.8. The largest absolute Gasteiger partial charge is 0.463 e. The number of ether oxygens (including phenoxy) is 1. The molecule has 0 saturated carbocycles. The average Bonchev–Trinajstić information content (AvgIpc) is 2.56. The van der Waals surface area contributed by atoms with Crippen molar-refractivity contribution in [2.45, 2.75) is 20.0 Å². The maximum absolute atomic E-state index is 12.9. The van der Waals surface area contributed by atoms with E-state index in [1.54, 1.807) is 6.92 Å². The number of carbonyl (C=O) groups is 1. The van der Waals surface area contributed by atoms with Crippen LogP contribution >= 0.6 is 11.6 Å². The van der Waals surface area contributed by atoms with Gasteiger partial charge in [-0.25, -0.2) is 4.79 Å². The number of halogens is 4. The number of hydrogen-bond donors (Lipinski definition) is 0. The van der Waals surface area contributed by atoms with Crippen molar-refractivity contribution >= 4 is 23.6 Å². The van der Waals surface area contributed by atoms with Crippen molar-refractivity contribution in [2.24, 2.45) is 0 Å². The number of hydrogen-bond acceptors (Lipinski definition) is 4. The Morgan fingerprint density at radius 3 is 2.69 bits per heavy atom. The smallest absolute Gasteiger partial charge is 0.418 e. The van der Waals surface area contributed by atoms with Crippen LogP contribution in [0.15, 0.2) is 35.3 Å². The number of alkyl halides is 3. The molecule has 0 aliphatic rings. The fourth-order valence-corrected chi connectivity index (χ4v) is 2.33. The molecule has 0 radical (unpaired) electrons. The van der Waals surface area contributed by atoms with Gasteiger partial charge in [-0.05, 0) is 43.7 Å². The molecule has 0 N–H and O–H groups in total. The second kappa shape index (κ2) is 7.74. The van der Waals surface area contributed by atoms with Gasteiger partial charge in [0.15, 0.2) is 0 Å². The van der Waals surface area contributed by atoms with Crippen molar-refractivity contribution < 1.29 is 22.7 Å². The molecule has 26 heavy (non-hydrogen) atoms. The van der Waals surface area contributed by atoms with Gasteiger partial charge in [0.05, 0.1) is 24.1 Å². The molecule has 0 bridgehead atoms. The molecule has 2 aromatic rings. The molecular weight excluding hydrogens is 373 g/mol. The number of aromatic nitrogens is 2. The van der Waals surface area contributed by atoms with Crippen LogP contribution in [0.25, 0.3) is 11.8 Å². The molecule has 0 aliphatic heterocycles. The van der Waals surface area contributed by atoms with Crippen molar-refractivity contribution in [1.82, 2.24) is 9.78 Å². The molecule has 1 aromatic heterocycles. The molecule has 138 valence electrons. The molecule has 0 aliphatic carbocycles. The molecule has 9 heteroatoms. The third kappa shape index (κ3) is 4.32. The van der Waals surface area contributed by atoms with Gasteiger partial charge in [-0.2, -0.15) is 23.0 Å². The monoisotopic (exact) mass is 386 g/mol. The fraction of sp³-hybridized carbons (Fsp3) is 0.235. The average molecular weight is 387 g/mol. The maximum Gasteiger partial charge on any atom is 0.418 e. The summed E-state index contributed by atoms with van der Waals surface area (Å²) in [6.07, 6.45) is -1.53. The molecule has 1 heterocycles. The van der Waals surface area contributed by atoms with E-state index in [2.05, 4.69) is 5.10 Å². The van der Waals surface area contributed by atoms with E-state index in [1.165, 1.54) is 24.3 Å². The summed E-state index contributed by atoms with van der Waals surface area (Å²) in [5.74, 6) is -0.574. The standard InChI is InChI=1S/C17H14ClF3N2O3/c1-3-26-15(24)7-4-11-8-12(5-6-14(11)18)23-16(25)10(2)13(9-22-23)17(19,20)21/h4-9H,3H2,1-2H3/b7-4+. The summed E-state index contributed by atoms with van der Waals surface area (Å²) in [5, 5.41) is 3.88. The molecule has 0 unspecified atom stereocenters. The van der Waals surface area contributed by atoms with Crippen LogP contribution in [0.3, 0.4) is 0 Å². The number of benzene rings is 1. The lowest BCUT2D eigenvalue weighted by Gasteiger charge is -2.12. The van der Waals surface area contributed by atoms with Gasteiger partial charge in [-0.3, -0.25) is 4.79 Å². The first-order valence-corrected chi connectivity index (χ1v) is 7.83. The predicted octanol–water partition coefficient (Wildman–Crippen LogP) is 3.79. The lowest BCUT2D eigenvalue weighted by molar-refractivity contribution is -0.138. The van der Waals surface area contributed by atoms with Crippen LogP contribution in [0.1, 0.15) is 23.6 Å². The molecule has 1 aromatic carbocycles. The Balaban J connectivity index is 2.48. The highest BCUT2D eigenvalue weighted by Crippen LogP contribution is 2.30. The van der Waals surface area contributed by atoms with Crippen LogP contribution in [0.4, 0.5) is 13.2 Å². The first-order valence-electron chi connectivity index (χ1n) is 7.46. The first kappa shape index (κ1) is 19.7. The lowest BCUT2D eigenvalue weighted by atomic mass is 10.1. The molecule has 0 saturated heterocycles. The summed E-state index contributed by atoms with van der Waals surface area (Å²) in [6, 6.07) is 4.31. The Morgan fingerprint density at radius 1 is 1.38 bits per heavy atom. The van der Waals surface area contributed by atoms with E-state index < -0.39 is 28.8 Å². The highest BCUT2D eigenvalue weighted by molar-refractivity contribution is 6.32. The topological polar surface area (TPSA) is 61.2 Å². The molecule has 0 amide bonds. The van der Waals surface area contributed by atoms with E-state index in [1.807, 2.05) is 0 Å². The van der Waals surface area contributed by atoms with Crippen LogP contribution < -0.4 is 5.56 Å². The van der Waals surface area contributed by atoms with Gasteiger partial charge in [-0.1, -0.05) is 11.6 Å². The van der Waals surface area contributed by atoms with Crippen molar-refractivity contribution in [2.75, 3.05) is 6.61 Å². The summed E-state index contributed by atoms with van der Waals surface area (Å²) >= 11 is 6.04. The molecular formula is C17H14ClF3N2O3. The van der Waals surface area contributed by atoms with Crippen molar-refractivity contribution in [3.05, 3.63) is 62.5 Å². The van der Waals surface area contributed by atoms with Gasteiger partial charge in [0.25, 0.3) is 5.56 Å². The van der Waals surface area contributed by atoms with Gasteiger partial charge in [0.1, 0.15) is 0 Å².